The van der Waals surface area contributed by atoms with E-state index in [1.165, 1.54) is 11.1 Å². The summed E-state index contributed by atoms with van der Waals surface area (Å²) in [5.41, 5.74) is 7.38. The standard InChI is InChI=1S/C24H24N2O2/c1-2-27-19-14-12-18(13-15-19)24-26-22(20-10-6-7-11-23(20)28-24)16-21(25-26)17-8-4-3-5-9-17/h3-15,21-22,24-25H,2,16H2,1H3/t21-,22+,24-/m1/s1. The minimum atomic E-state index is -0.177. The van der Waals surface area contributed by atoms with Crippen LogP contribution in [0, 0.1) is 0 Å². The molecular formula is C24H24N2O2. The highest BCUT2D eigenvalue weighted by atomic mass is 16.5. The molecule has 4 nitrogen and oxygen atoms in total. The molecule has 28 heavy (non-hydrogen) atoms. The van der Waals surface area contributed by atoms with Gasteiger partial charge >= 0.3 is 0 Å². The van der Waals surface area contributed by atoms with E-state index in [4.69, 9.17) is 9.47 Å². The van der Waals surface area contributed by atoms with Crippen molar-refractivity contribution < 1.29 is 9.47 Å². The van der Waals surface area contributed by atoms with Gasteiger partial charge in [-0.15, -0.1) is 0 Å². The summed E-state index contributed by atoms with van der Waals surface area (Å²) in [6.07, 6.45) is 0.835. The Hall–Kier alpha value is -2.82. The van der Waals surface area contributed by atoms with Crippen LogP contribution in [0.1, 0.15) is 48.3 Å². The second kappa shape index (κ2) is 7.30. The molecule has 1 fully saturated rings. The van der Waals surface area contributed by atoms with Crippen molar-refractivity contribution in [2.24, 2.45) is 0 Å². The second-order valence-electron chi connectivity index (χ2n) is 7.26. The van der Waals surface area contributed by atoms with Gasteiger partial charge in [-0.2, -0.15) is 5.01 Å². The van der Waals surface area contributed by atoms with Crippen molar-refractivity contribution >= 4 is 0 Å². The fourth-order valence-electron chi connectivity index (χ4n) is 4.23. The lowest BCUT2D eigenvalue weighted by molar-refractivity contribution is -0.0434. The number of benzene rings is 3. The van der Waals surface area contributed by atoms with Crippen molar-refractivity contribution in [2.75, 3.05) is 6.61 Å². The van der Waals surface area contributed by atoms with E-state index in [1.807, 2.05) is 25.1 Å². The summed E-state index contributed by atoms with van der Waals surface area (Å²) in [4.78, 5) is 0. The largest absolute Gasteiger partial charge is 0.494 e. The van der Waals surface area contributed by atoms with Gasteiger partial charge in [0.15, 0.2) is 6.23 Å². The smallest absolute Gasteiger partial charge is 0.191 e. The Kier molecular flexibility index (Phi) is 4.51. The van der Waals surface area contributed by atoms with Gasteiger partial charge in [0.25, 0.3) is 0 Å². The van der Waals surface area contributed by atoms with Crippen LogP contribution >= 0.6 is 0 Å². The number of rotatable bonds is 4. The van der Waals surface area contributed by atoms with E-state index in [-0.39, 0.29) is 18.3 Å². The SMILES string of the molecule is CCOc1ccc([C@H]2Oc3ccccc3[C@@H]3C[C@H](c4ccccc4)NN23)cc1. The number of hydrogen-bond donors (Lipinski definition) is 1. The first-order valence-corrected chi connectivity index (χ1v) is 9.91. The van der Waals surface area contributed by atoms with Gasteiger partial charge in [-0.25, -0.2) is 5.43 Å². The van der Waals surface area contributed by atoms with Crippen molar-refractivity contribution in [2.45, 2.75) is 31.7 Å². The van der Waals surface area contributed by atoms with Gasteiger partial charge in [-0.1, -0.05) is 60.7 Å². The van der Waals surface area contributed by atoms with Crippen LogP contribution in [0.3, 0.4) is 0 Å². The second-order valence-corrected chi connectivity index (χ2v) is 7.26. The summed E-state index contributed by atoms with van der Waals surface area (Å²) in [5, 5.41) is 2.27. The number of nitrogens with one attached hydrogen (secondary N) is 1. The van der Waals surface area contributed by atoms with Crippen LogP contribution in [0.25, 0.3) is 0 Å². The molecule has 2 aliphatic heterocycles. The van der Waals surface area contributed by atoms with Gasteiger partial charge in [-0.05, 0) is 37.1 Å². The fourth-order valence-corrected chi connectivity index (χ4v) is 4.23. The van der Waals surface area contributed by atoms with Gasteiger partial charge < -0.3 is 9.47 Å². The van der Waals surface area contributed by atoms with E-state index in [0.29, 0.717) is 6.61 Å². The minimum Gasteiger partial charge on any atom is -0.494 e. The van der Waals surface area contributed by atoms with Crippen molar-refractivity contribution in [1.82, 2.24) is 10.4 Å². The van der Waals surface area contributed by atoms with Crippen LogP contribution in [0.4, 0.5) is 0 Å². The molecule has 142 valence electrons. The first-order valence-electron chi connectivity index (χ1n) is 9.91. The molecule has 0 amide bonds. The first kappa shape index (κ1) is 17.3. The third-order valence-electron chi connectivity index (χ3n) is 5.55. The predicted molar refractivity (Wildman–Crippen MR) is 109 cm³/mol. The topological polar surface area (TPSA) is 33.7 Å². The van der Waals surface area contributed by atoms with Gasteiger partial charge in [0.1, 0.15) is 11.5 Å². The number of fused-ring (bicyclic) bond motifs is 3. The third kappa shape index (κ3) is 3.05. The minimum absolute atomic E-state index is 0.177. The average molecular weight is 372 g/mol. The van der Waals surface area contributed by atoms with Crippen LogP contribution in [0.2, 0.25) is 0 Å². The van der Waals surface area contributed by atoms with E-state index in [2.05, 4.69) is 71.1 Å². The molecule has 0 unspecified atom stereocenters. The third-order valence-corrected chi connectivity index (χ3v) is 5.55. The molecule has 0 radical (unpaired) electrons. The predicted octanol–water partition coefficient (Wildman–Crippen LogP) is 5.17. The molecule has 3 aromatic carbocycles. The zero-order chi connectivity index (χ0) is 18.9. The molecule has 0 aliphatic carbocycles. The van der Waals surface area contributed by atoms with E-state index < -0.39 is 0 Å². The maximum Gasteiger partial charge on any atom is 0.191 e. The maximum atomic E-state index is 6.44. The zero-order valence-corrected chi connectivity index (χ0v) is 15.9. The van der Waals surface area contributed by atoms with Gasteiger partial charge in [-0.3, -0.25) is 0 Å². The van der Waals surface area contributed by atoms with Crippen molar-refractivity contribution in [1.29, 1.82) is 0 Å². The summed E-state index contributed by atoms with van der Waals surface area (Å²) >= 11 is 0. The van der Waals surface area contributed by atoms with Crippen LogP contribution in [-0.4, -0.2) is 11.6 Å². The fraction of sp³-hybridized carbons (Fsp3) is 0.250. The van der Waals surface area contributed by atoms with Crippen LogP contribution in [0.15, 0.2) is 78.9 Å². The molecular weight excluding hydrogens is 348 g/mol. The molecule has 1 saturated heterocycles. The summed E-state index contributed by atoms with van der Waals surface area (Å²) in [6.45, 7) is 2.67. The lowest BCUT2D eigenvalue weighted by atomic mass is 9.95. The molecule has 0 bridgehead atoms. The number of ether oxygens (including phenoxy) is 2. The molecule has 0 aromatic heterocycles. The Balaban J connectivity index is 1.50. The van der Waals surface area contributed by atoms with Gasteiger partial charge in [0.05, 0.1) is 12.6 Å². The van der Waals surface area contributed by atoms with E-state index in [1.54, 1.807) is 0 Å². The molecule has 3 atom stereocenters. The summed E-state index contributed by atoms with van der Waals surface area (Å²) in [6, 6.07) is 27.8. The number of para-hydroxylation sites is 1. The van der Waals surface area contributed by atoms with Crippen molar-refractivity contribution in [3.05, 3.63) is 95.6 Å². The molecule has 3 aromatic rings. The Bertz CT molecular complexity index is 942. The number of nitrogens with zero attached hydrogens (tertiary/aromatic N) is 1. The normalized spacial score (nSPS) is 23.5. The van der Waals surface area contributed by atoms with Crippen molar-refractivity contribution in [3.63, 3.8) is 0 Å². The summed E-state index contributed by atoms with van der Waals surface area (Å²) in [7, 11) is 0. The highest BCUT2D eigenvalue weighted by Crippen LogP contribution is 2.48. The molecule has 4 heteroatoms. The van der Waals surface area contributed by atoms with Gasteiger partial charge in [0.2, 0.25) is 0 Å². The van der Waals surface area contributed by atoms with Gasteiger partial charge in [0, 0.05) is 17.2 Å². The molecule has 0 saturated carbocycles. The number of hydrogen-bond acceptors (Lipinski definition) is 4. The van der Waals surface area contributed by atoms with Crippen LogP contribution in [0.5, 0.6) is 11.5 Å². The molecule has 0 spiro atoms. The number of hydrazine groups is 1. The maximum absolute atomic E-state index is 6.44. The van der Waals surface area contributed by atoms with Crippen LogP contribution < -0.4 is 14.9 Å². The highest BCUT2D eigenvalue weighted by Gasteiger charge is 2.43. The molecule has 5 rings (SSSR count). The monoisotopic (exact) mass is 372 g/mol. The van der Waals surface area contributed by atoms with E-state index >= 15 is 0 Å². The summed E-state index contributed by atoms with van der Waals surface area (Å²) in [5.74, 6) is 1.86. The van der Waals surface area contributed by atoms with E-state index in [0.717, 1.165) is 23.5 Å². The first-order chi connectivity index (χ1) is 13.8. The van der Waals surface area contributed by atoms with Crippen LogP contribution in [-0.2, 0) is 0 Å². The molecule has 2 heterocycles. The summed E-state index contributed by atoms with van der Waals surface area (Å²) < 4.78 is 12.0. The average Bonchev–Trinajstić information content (AvgIpc) is 3.20. The highest BCUT2D eigenvalue weighted by molar-refractivity contribution is 5.41. The lowest BCUT2D eigenvalue weighted by Gasteiger charge is -2.38. The zero-order valence-electron chi connectivity index (χ0n) is 15.9. The molecule has 1 N–H and O–H groups in total. The Morgan fingerprint density at radius 1 is 0.929 bits per heavy atom. The van der Waals surface area contributed by atoms with Crippen molar-refractivity contribution in [3.8, 4) is 11.5 Å². The van der Waals surface area contributed by atoms with E-state index in [9.17, 15) is 0 Å². The quantitative estimate of drug-likeness (QED) is 0.685. The lowest BCUT2D eigenvalue weighted by Crippen LogP contribution is -2.42. The molecule has 2 aliphatic rings. The Morgan fingerprint density at radius 2 is 1.68 bits per heavy atom. The Labute approximate surface area is 165 Å². The Morgan fingerprint density at radius 3 is 2.46 bits per heavy atom.